The van der Waals surface area contributed by atoms with E-state index in [1.54, 1.807) is 18.7 Å². The normalized spacial score (nSPS) is 10.2. The molecule has 1 rings (SSSR count). The van der Waals surface area contributed by atoms with Crippen LogP contribution in [-0.4, -0.2) is 12.0 Å². The van der Waals surface area contributed by atoms with Gasteiger partial charge < -0.3 is 0 Å². The molecule has 0 atom stereocenters. The number of ketones is 1. The van der Waals surface area contributed by atoms with Crippen LogP contribution in [-0.2, 0) is 17.1 Å². The number of benzene rings is 1. The van der Waals surface area contributed by atoms with Gasteiger partial charge in [0.1, 0.15) is 5.78 Å². The molecular formula is C11H13ClOS. The van der Waals surface area contributed by atoms with Crippen LogP contribution in [0.25, 0.3) is 0 Å². The van der Waals surface area contributed by atoms with Crippen LogP contribution in [0, 0.1) is 0 Å². The smallest absolute Gasteiger partial charge is 0.134 e. The third-order valence-electron chi connectivity index (χ3n) is 1.94. The average molecular weight is 229 g/mol. The lowest BCUT2D eigenvalue weighted by Crippen LogP contribution is -1.97. The van der Waals surface area contributed by atoms with Crippen molar-refractivity contribution in [2.75, 3.05) is 6.26 Å². The zero-order valence-electron chi connectivity index (χ0n) is 8.34. The Labute approximate surface area is 93.8 Å². The van der Waals surface area contributed by atoms with Gasteiger partial charge in [-0.1, -0.05) is 12.1 Å². The van der Waals surface area contributed by atoms with Crippen molar-refractivity contribution in [1.82, 2.24) is 0 Å². The molecule has 0 aliphatic heterocycles. The van der Waals surface area contributed by atoms with Crippen molar-refractivity contribution < 1.29 is 4.79 Å². The van der Waals surface area contributed by atoms with E-state index in [1.165, 1.54) is 4.90 Å². The fourth-order valence-corrected chi connectivity index (χ4v) is 2.23. The number of hydrogen-bond donors (Lipinski definition) is 0. The van der Waals surface area contributed by atoms with Gasteiger partial charge in [-0.05, 0) is 30.4 Å². The van der Waals surface area contributed by atoms with Crippen LogP contribution in [0.4, 0.5) is 0 Å². The molecule has 0 unspecified atom stereocenters. The molecule has 76 valence electrons. The maximum Gasteiger partial charge on any atom is 0.134 e. The second-order valence-corrected chi connectivity index (χ2v) is 4.27. The van der Waals surface area contributed by atoms with Gasteiger partial charge in [-0.3, -0.25) is 4.79 Å². The second-order valence-electron chi connectivity index (χ2n) is 3.16. The molecule has 0 saturated heterocycles. The molecule has 0 bridgehead atoms. The Kier molecular flexibility index (Phi) is 4.49. The Hall–Kier alpha value is -0.470. The van der Waals surface area contributed by atoms with Crippen LogP contribution in [0.5, 0.6) is 0 Å². The number of Topliss-reactive ketones (excluding diaryl/α,β-unsaturated/α-hetero) is 1. The molecule has 0 fully saturated rings. The highest BCUT2D eigenvalue weighted by molar-refractivity contribution is 7.98. The van der Waals surface area contributed by atoms with E-state index in [0.717, 1.165) is 11.1 Å². The first kappa shape index (κ1) is 11.6. The van der Waals surface area contributed by atoms with Gasteiger partial charge in [-0.25, -0.2) is 0 Å². The molecule has 0 spiro atoms. The van der Waals surface area contributed by atoms with Crippen molar-refractivity contribution in [3.63, 3.8) is 0 Å². The molecule has 0 amide bonds. The van der Waals surface area contributed by atoms with Crippen LogP contribution >= 0.6 is 23.4 Å². The first-order chi connectivity index (χ1) is 6.67. The Bertz CT molecular complexity index is 336. The standard InChI is InChI=1S/C11H13ClOS/c1-8(13)5-9-3-4-11(14-2)10(6-9)7-12/h3-4,6H,5,7H2,1-2H3. The van der Waals surface area contributed by atoms with Gasteiger partial charge in [-0.15, -0.1) is 23.4 Å². The van der Waals surface area contributed by atoms with Crippen molar-refractivity contribution in [2.24, 2.45) is 0 Å². The van der Waals surface area contributed by atoms with Gasteiger partial charge in [-0.2, -0.15) is 0 Å². The fraction of sp³-hybridized carbons (Fsp3) is 0.364. The third-order valence-corrected chi connectivity index (χ3v) is 3.07. The summed E-state index contributed by atoms with van der Waals surface area (Å²) in [7, 11) is 0. The number of rotatable bonds is 4. The first-order valence-electron chi connectivity index (χ1n) is 4.38. The lowest BCUT2D eigenvalue weighted by molar-refractivity contribution is -0.116. The maximum absolute atomic E-state index is 10.9. The summed E-state index contributed by atoms with van der Waals surface area (Å²) < 4.78 is 0. The van der Waals surface area contributed by atoms with Crippen LogP contribution in [0.15, 0.2) is 23.1 Å². The summed E-state index contributed by atoms with van der Waals surface area (Å²) in [6.45, 7) is 1.60. The lowest BCUT2D eigenvalue weighted by atomic mass is 10.1. The van der Waals surface area contributed by atoms with Gasteiger partial charge in [0.05, 0.1) is 0 Å². The Morgan fingerprint density at radius 2 is 2.21 bits per heavy atom. The number of thioether (sulfide) groups is 1. The third kappa shape index (κ3) is 3.03. The minimum Gasteiger partial charge on any atom is -0.300 e. The van der Waals surface area contributed by atoms with Crippen molar-refractivity contribution in [3.05, 3.63) is 29.3 Å². The molecule has 0 aliphatic carbocycles. The molecule has 0 N–H and O–H groups in total. The van der Waals surface area contributed by atoms with Crippen molar-refractivity contribution in [1.29, 1.82) is 0 Å². The van der Waals surface area contributed by atoms with E-state index >= 15 is 0 Å². The molecule has 0 heterocycles. The monoisotopic (exact) mass is 228 g/mol. The molecule has 0 aliphatic rings. The molecule has 0 saturated carbocycles. The highest BCUT2D eigenvalue weighted by Gasteiger charge is 2.03. The minimum absolute atomic E-state index is 0.183. The van der Waals surface area contributed by atoms with E-state index in [9.17, 15) is 4.79 Å². The van der Waals surface area contributed by atoms with Crippen molar-refractivity contribution in [3.8, 4) is 0 Å². The van der Waals surface area contributed by atoms with Gasteiger partial charge >= 0.3 is 0 Å². The quantitative estimate of drug-likeness (QED) is 0.581. The number of hydrogen-bond acceptors (Lipinski definition) is 2. The van der Waals surface area contributed by atoms with Crippen molar-refractivity contribution >= 4 is 29.1 Å². The van der Waals surface area contributed by atoms with E-state index in [4.69, 9.17) is 11.6 Å². The first-order valence-corrected chi connectivity index (χ1v) is 6.14. The zero-order chi connectivity index (χ0) is 10.6. The van der Waals surface area contributed by atoms with Crippen LogP contribution in [0.2, 0.25) is 0 Å². The summed E-state index contributed by atoms with van der Waals surface area (Å²) in [6, 6.07) is 6.03. The molecule has 0 aromatic heterocycles. The highest BCUT2D eigenvalue weighted by atomic mass is 35.5. The van der Waals surface area contributed by atoms with Crippen LogP contribution < -0.4 is 0 Å². The maximum atomic E-state index is 10.9. The molecular weight excluding hydrogens is 216 g/mol. The predicted molar refractivity (Wildman–Crippen MR) is 62.2 cm³/mol. The van der Waals surface area contributed by atoms with E-state index in [-0.39, 0.29) is 5.78 Å². The molecule has 0 radical (unpaired) electrons. The number of halogens is 1. The Morgan fingerprint density at radius 1 is 1.50 bits per heavy atom. The Balaban J connectivity index is 2.95. The average Bonchev–Trinajstić information content (AvgIpc) is 2.16. The summed E-state index contributed by atoms with van der Waals surface area (Å²) in [5.41, 5.74) is 2.16. The minimum atomic E-state index is 0.183. The molecule has 1 aromatic carbocycles. The van der Waals surface area contributed by atoms with E-state index in [1.807, 2.05) is 24.5 Å². The predicted octanol–water partition coefficient (Wildman–Crippen LogP) is 3.28. The van der Waals surface area contributed by atoms with Gasteiger partial charge in [0.2, 0.25) is 0 Å². The van der Waals surface area contributed by atoms with Crippen LogP contribution in [0.3, 0.4) is 0 Å². The summed E-state index contributed by atoms with van der Waals surface area (Å²) in [6.07, 6.45) is 2.52. The van der Waals surface area contributed by atoms with Crippen LogP contribution in [0.1, 0.15) is 18.1 Å². The van der Waals surface area contributed by atoms with E-state index in [0.29, 0.717) is 12.3 Å². The number of carbonyl (C=O) groups excluding carboxylic acids is 1. The summed E-state index contributed by atoms with van der Waals surface area (Å²) in [4.78, 5) is 12.1. The van der Waals surface area contributed by atoms with Gasteiger partial charge in [0.15, 0.2) is 0 Å². The van der Waals surface area contributed by atoms with E-state index in [2.05, 4.69) is 0 Å². The summed E-state index contributed by atoms with van der Waals surface area (Å²) >= 11 is 7.50. The van der Waals surface area contributed by atoms with Crippen molar-refractivity contribution in [2.45, 2.75) is 24.1 Å². The number of carbonyl (C=O) groups is 1. The van der Waals surface area contributed by atoms with Gasteiger partial charge in [0, 0.05) is 17.2 Å². The Morgan fingerprint density at radius 3 is 2.71 bits per heavy atom. The second kappa shape index (κ2) is 5.42. The lowest BCUT2D eigenvalue weighted by Gasteiger charge is -2.06. The zero-order valence-corrected chi connectivity index (χ0v) is 9.91. The molecule has 14 heavy (non-hydrogen) atoms. The molecule has 1 aromatic rings. The van der Waals surface area contributed by atoms with Gasteiger partial charge in [0.25, 0.3) is 0 Å². The fourth-order valence-electron chi connectivity index (χ4n) is 1.33. The summed E-state index contributed by atoms with van der Waals surface area (Å²) in [5, 5.41) is 0. The SMILES string of the molecule is CSc1ccc(CC(C)=O)cc1CCl. The van der Waals surface area contributed by atoms with E-state index < -0.39 is 0 Å². The summed E-state index contributed by atoms with van der Waals surface area (Å²) in [5.74, 6) is 0.685. The number of alkyl halides is 1. The topological polar surface area (TPSA) is 17.1 Å². The highest BCUT2D eigenvalue weighted by Crippen LogP contribution is 2.23. The molecule has 3 heteroatoms. The largest absolute Gasteiger partial charge is 0.300 e. The molecule has 1 nitrogen and oxygen atoms in total.